The average Bonchev–Trinajstić information content (AvgIpc) is 2.57. The maximum atomic E-state index is 12.1. The molecule has 7 nitrogen and oxygen atoms in total. The number of nitrogens with one attached hydrogen (secondary N) is 2. The summed E-state index contributed by atoms with van der Waals surface area (Å²) < 4.78 is 5.30. The number of piperidine rings is 1. The van der Waals surface area contributed by atoms with Crippen LogP contribution in [0, 0.1) is 0 Å². The first-order valence-electron chi connectivity index (χ1n) is 9.44. The van der Waals surface area contributed by atoms with Crippen molar-refractivity contribution in [2.24, 2.45) is 0 Å². The first-order chi connectivity index (χ1) is 13.0. The summed E-state index contributed by atoms with van der Waals surface area (Å²) in [5.74, 6) is -0.874. The molecule has 2 N–H and O–H groups in total. The highest BCUT2D eigenvalue weighted by atomic mass is 35.5. The molecule has 0 radical (unpaired) electrons. The van der Waals surface area contributed by atoms with Crippen LogP contribution in [0.5, 0.6) is 0 Å². The zero-order valence-electron chi connectivity index (χ0n) is 16.5. The van der Waals surface area contributed by atoms with Gasteiger partial charge >= 0.3 is 6.09 Å². The second-order valence-electron chi connectivity index (χ2n) is 8.36. The zero-order valence-corrected chi connectivity index (χ0v) is 17.3. The van der Waals surface area contributed by atoms with E-state index < -0.39 is 11.7 Å². The number of rotatable bonds is 3. The molecule has 2 heterocycles. The molecule has 2 unspecified atom stereocenters. The van der Waals surface area contributed by atoms with E-state index in [-0.39, 0.29) is 29.8 Å². The molecule has 8 heteroatoms. The van der Waals surface area contributed by atoms with Gasteiger partial charge in [-0.25, -0.2) is 4.79 Å². The molecular formula is C20H26ClN3O4. The summed E-state index contributed by atoms with van der Waals surface area (Å²) in [5.41, 5.74) is 1.12. The fourth-order valence-electron chi connectivity index (χ4n) is 3.54. The van der Waals surface area contributed by atoms with Crippen LogP contribution in [-0.4, -0.2) is 42.1 Å². The Morgan fingerprint density at radius 2 is 2.04 bits per heavy atom. The number of alkyl carbamates (subject to hydrolysis) is 1. The number of hydrogen-bond acceptors (Lipinski definition) is 5. The molecule has 0 spiro atoms. The number of amides is 3. The Morgan fingerprint density at radius 1 is 1.32 bits per heavy atom. The second kappa shape index (κ2) is 7.62. The van der Waals surface area contributed by atoms with Crippen molar-refractivity contribution in [3.05, 3.63) is 28.8 Å². The van der Waals surface area contributed by atoms with E-state index in [9.17, 15) is 14.4 Å². The second-order valence-corrected chi connectivity index (χ2v) is 8.77. The number of nitrogens with zero attached hydrogens (tertiary/aromatic N) is 1. The number of ether oxygens (including phenoxy) is 1. The van der Waals surface area contributed by atoms with Gasteiger partial charge in [-0.2, -0.15) is 0 Å². The van der Waals surface area contributed by atoms with E-state index in [1.54, 1.807) is 6.07 Å². The third kappa shape index (κ3) is 4.41. The Morgan fingerprint density at radius 3 is 2.61 bits per heavy atom. The highest BCUT2D eigenvalue weighted by molar-refractivity contribution is 6.33. The van der Waals surface area contributed by atoms with Gasteiger partial charge in [0, 0.05) is 19.0 Å². The summed E-state index contributed by atoms with van der Waals surface area (Å²) in [6, 6.07) is 5.59. The molecule has 3 atom stereocenters. The number of carbonyl (C=O) groups excluding carboxylic acids is 3. The van der Waals surface area contributed by atoms with Crippen LogP contribution in [0.15, 0.2) is 18.2 Å². The topological polar surface area (TPSA) is 87.7 Å². The SMILES string of the molecule is C[C@@H]1C(NC(=O)OC(C)(C)C)CN1c1ccc(C2CCC(=O)NC2=O)cc1Cl. The van der Waals surface area contributed by atoms with Crippen LogP contribution < -0.4 is 15.5 Å². The van der Waals surface area contributed by atoms with Gasteiger partial charge < -0.3 is 15.0 Å². The molecule has 2 fully saturated rings. The van der Waals surface area contributed by atoms with E-state index in [2.05, 4.69) is 15.5 Å². The lowest BCUT2D eigenvalue weighted by molar-refractivity contribution is -0.134. The summed E-state index contributed by atoms with van der Waals surface area (Å²) in [6.07, 6.45) is 0.391. The quantitative estimate of drug-likeness (QED) is 0.752. The summed E-state index contributed by atoms with van der Waals surface area (Å²) in [4.78, 5) is 37.4. The predicted octanol–water partition coefficient (Wildman–Crippen LogP) is 2.96. The minimum absolute atomic E-state index is 0.0271. The van der Waals surface area contributed by atoms with Crippen molar-refractivity contribution in [1.29, 1.82) is 0 Å². The number of imide groups is 1. The molecule has 0 saturated carbocycles. The summed E-state index contributed by atoms with van der Waals surface area (Å²) in [5, 5.41) is 5.80. The van der Waals surface area contributed by atoms with Crippen LogP contribution in [0.4, 0.5) is 10.5 Å². The lowest BCUT2D eigenvalue weighted by Gasteiger charge is -2.48. The zero-order chi connectivity index (χ0) is 20.6. The number of hydrogen-bond donors (Lipinski definition) is 2. The number of halogens is 1. The third-order valence-electron chi connectivity index (χ3n) is 5.09. The van der Waals surface area contributed by atoms with Gasteiger partial charge in [0.05, 0.1) is 22.7 Å². The van der Waals surface area contributed by atoms with Gasteiger partial charge in [-0.1, -0.05) is 17.7 Å². The summed E-state index contributed by atoms with van der Waals surface area (Å²) >= 11 is 6.49. The van der Waals surface area contributed by atoms with Crippen molar-refractivity contribution in [2.75, 3.05) is 11.4 Å². The maximum Gasteiger partial charge on any atom is 0.408 e. The van der Waals surface area contributed by atoms with Gasteiger partial charge in [0.1, 0.15) is 5.60 Å². The van der Waals surface area contributed by atoms with Gasteiger partial charge in [0.25, 0.3) is 0 Å². The molecule has 1 aromatic carbocycles. The maximum absolute atomic E-state index is 12.1. The minimum Gasteiger partial charge on any atom is -0.444 e. The Bertz CT molecular complexity index is 805. The van der Waals surface area contributed by atoms with Crippen molar-refractivity contribution in [2.45, 2.75) is 64.1 Å². The van der Waals surface area contributed by atoms with Crippen molar-refractivity contribution in [3.8, 4) is 0 Å². The number of anilines is 1. The highest BCUT2D eigenvalue weighted by Gasteiger charge is 2.38. The summed E-state index contributed by atoms with van der Waals surface area (Å²) in [7, 11) is 0. The smallest absolute Gasteiger partial charge is 0.408 e. The molecule has 152 valence electrons. The highest BCUT2D eigenvalue weighted by Crippen LogP contribution is 2.36. The van der Waals surface area contributed by atoms with Gasteiger partial charge in [-0.3, -0.25) is 14.9 Å². The molecule has 2 saturated heterocycles. The fraction of sp³-hybridized carbons (Fsp3) is 0.550. The predicted molar refractivity (Wildman–Crippen MR) is 107 cm³/mol. The van der Waals surface area contributed by atoms with Gasteiger partial charge in [-0.15, -0.1) is 0 Å². The number of benzene rings is 1. The van der Waals surface area contributed by atoms with Crippen LogP contribution in [-0.2, 0) is 14.3 Å². The molecule has 2 aliphatic rings. The van der Waals surface area contributed by atoms with Crippen LogP contribution >= 0.6 is 11.6 Å². The van der Waals surface area contributed by atoms with Crippen LogP contribution in [0.2, 0.25) is 5.02 Å². The lowest BCUT2D eigenvalue weighted by Crippen LogP contribution is -2.66. The average molecular weight is 408 g/mol. The molecule has 0 aliphatic carbocycles. The van der Waals surface area contributed by atoms with Crippen molar-refractivity contribution in [1.82, 2.24) is 10.6 Å². The van der Waals surface area contributed by atoms with Gasteiger partial charge in [0.2, 0.25) is 11.8 Å². The fourth-order valence-corrected chi connectivity index (χ4v) is 3.83. The van der Waals surface area contributed by atoms with Crippen molar-refractivity contribution >= 4 is 35.2 Å². The molecular weight excluding hydrogens is 382 g/mol. The Kier molecular flexibility index (Phi) is 5.57. The molecule has 3 rings (SSSR count). The molecule has 0 aromatic heterocycles. The van der Waals surface area contributed by atoms with E-state index in [0.29, 0.717) is 24.4 Å². The Hall–Kier alpha value is -2.28. The van der Waals surface area contributed by atoms with E-state index in [4.69, 9.17) is 16.3 Å². The van der Waals surface area contributed by atoms with E-state index in [0.717, 1.165) is 11.3 Å². The first-order valence-corrected chi connectivity index (χ1v) is 9.82. The monoisotopic (exact) mass is 407 g/mol. The number of carbonyl (C=O) groups is 3. The van der Waals surface area contributed by atoms with E-state index in [1.165, 1.54) is 0 Å². The van der Waals surface area contributed by atoms with Crippen molar-refractivity contribution in [3.63, 3.8) is 0 Å². The van der Waals surface area contributed by atoms with Gasteiger partial charge in [0.15, 0.2) is 0 Å². The molecule has 1 aromatic rings. The van der Waals surface area contributed by atoms with Crippen LogP contribution in [0.25, 0.3) is 0 Å². The van der Waals surface area contributed by atoms with Crippen molar-refractivity contribution < 1.29 is 19.1 Å². The van der Waals surface area contributed by atoms with Crippen LogP contribution in [0.1, 0.15) is 52.0 Å². The molecule has 2 aliphatic heterocycles. The lowest BCUT2D eigenvalue weighted by atomic mass is 9.90. The summed E-state index contributed by atoms with van der Waals surface area (Å²) in [6.45, 7) is 8.11. The third-order valence-corrected chi connectivity index (χ3v) is 5.39. The van der Waals surface area contributed by atoms with Crippen LogP contribution in [0.3, 0.4) is 0 Å². The largest absolute Gasteiger partial charge is 0.444 e. The molecule has 0 bridgehead atoms. The van der Waals surface area contributed by atoms with E-state index in [1.807, 2.05) is 39.8 Å². The molecule has 28 heavy (non-hydrogen) atoms. The normalized spacial score (nSPS) is 25.0. The minimum atomic E-state index is -0.536. The molecule has 3 amide bonds. The van der Waals surface area contributed by atoms with E-state index >= 15 is 0 Å². The Balaban J connectivity index is 1.63. The Labute approximate surface area is 169 Å². The standard InChI is InChI=1S/C20H26ClN3O4/c1-11-15(22-19(27)28-20(2,3)4)10-24(11)16-7-5-12(9-14(16)21)13-6-8-17(25)23-18(13)26/h5,7,9,11,13,15H,6,8,10H2,1-4H3,(H,22,27)(H,23,25,26)/t11-,13?,15?/m1/s1. The first kappa shape index (κ1) is 20.5. The van der Waals surface area contributed by atoms with Gasteiger partial charge in [-0.05, 0) is 51.8 Å².